The zero-order valence-corrected chi connectivity index (χ0v) is 9.02. The molecule has 0 radical (unpaired) electrons. The van der Waals surface area contributed by atoms with Gasteiger partial charge in [0.1, 0.15) is 0 Å². The molecule has 1 aromatic heterocycles. The summed E-state index contributed by atoms with van der Waals surface area (Å²) in [6.07, 6.45) is 3.92. The van der Waals surface area contributed by atoms with Crippen LogP contribution in [0.15, 0.2) is 18.3 Å². The van der Waals surface area contributed by atoms with E-state index < -0.39 is 11.9 Å². The van der Waals surface area contributed by atoms with E-state index in [4.69, 9.17) is 4.74 Å². The molecule has 0 saturated heterocycles. The van der Waals surface area contributed by atoms with Crippen LogP contribution in [0.3, 0.4) is 0 Å². The predicted molar refractivity (Wildman–Crippen MR) is 55.6 cm³/mol. The minimum atomic E-state index is -0.627. The highest BCUT2D eigenvalue weighted by atomic mass is 19.1. The second-order valence-corrected chi connectivity index (χ2v) is 3.85. The minimum absolute atomic E-state index is 0.222. The Kier molecular flexibility index (Phi) is 3.03. The number of rotatable bonds is 2. The highest BCUT2D eigenvalue weighted by molar-refractivity contribution is 5.70. The van der Waals surface area contributed by atoms with Crippen molar-refractivity contribution in [2.75, 3.05) is 7.05 Å². The van der Waals surface area contributed by atoms with Crippen molar-refractivity contribution in [1.29, 1.82) is 0 Å². The summed E-state index contributed by atoms with van der Waals surface area (Å²) in [4.78, 5) is 16.8. The van der Waals surface area contributed by atoms with E-state index in [0.29, 0.717) is 0 Å². The first kappa shape index (κ1) is 10.9. The van der Waals surface area contributed by atoms with Crippen LogP contribution in [0.4, 0.5) is 9.18 Å². The average Bonchev–Trinajstić information content (AvgIpc) is 2.18. The standard InChI is InChI=1S/C11H13FN2O2/c1-14(8-4-2-5-8)11(15)16-10-9(12)6-3-7-13-10/h3,6-8H,2,4-5H2,1H3. The SMILES string of the molecule is CN(C(=O)Oc1ncccc1F)C1CCC1. The van der Waals surface area contributed by atoms with Crippen LogP contribution in [0.2, 0.25) is 0 Å². The van der Waals surface area contributed by atoms with Gasteiger partial charge in [-0.25, -0.2) is 14.2 Å². The predicted octanol–water partition coefficient (Wildman–Crippen LogP) is 2.20. The Morgan fingerprint density at radius 2 is 2.38 bits per heavy atom. The van der Waals surface area contributed by atoms with E-state index in [1.807, 2.05) is 0 Å². The summed E-state index contributed by atoms with van der Waals surface area (Å²) in [7, 11) is 1.66. The summed E-state index contributed by atoms with van der Waals surface area (Å²) in [5.74, 6) is -0.892. The fourth-order valence-corrected chi connectivity index (χ4v) is 1.52. The molecule has 0 aromatic carbocycles. The number of halogens is 1. The number of carbonyl (C=O) groups excluding carboxylic acids is 1. The maximum Gasteiger partial charge on any atom is 0.416 e. The van der Waals surface area contributed by atoms with E-state index >= 15 is 0 Å². The van der Waals surface area contributed by atoms with Gasteiger partial charge < -0.3 is 9.64 Å². The number of ether oxygens (including phenoxy) is 1. The quantitative estimate of drug-likeness (QED) is 0.773. The van der Waals surface area contributed by atoms with Crippen LogP contribution >= 0.6 is 0 Å². The molecule has 0 N–H and O–H groups in total. The zero-order chi connectivity index (χ0) is 11.5. The Morgan fingerprint density at radius 1 is 1.62 bits per heavy atom. The highest BCUT2D eigenvalue weighted by Gasteiger charge is 2.27. The van der Waals surface area contributed by atoms with Gasteiger partial charge in [-0.3, -0.25) is 0 Å². The Morgan fingerprint density at radius 3 is 2.94 bits per heavy atom. The van der Waals surface area contributed by atoms with Gasteiger partial charge >= 0.3 is 6.09 Å². The van der Waals surface area contributed by atoms with Gasteiger partial charge in [0, 0.05) is 19.3 Å². The summed E-state index contributed by atoms with van der Waals surface area (Å²) in [5, 5.41) is 0. The van der Waals surface area contributed by atoms with Crippen molar-refractivity contribution in [3.05, 3.63) is 24.1 Å². The number of hydrogen-bond donors (Lipinski definition) is 0. The highest BCUT2D eigenvalue weighted by Crippen LogP contribution is 2.24. The molecular weight excluding hydrogens is 211 g/mol. The van der Waals surface area contributed by atoms with Crippen molar-refractivity contribution in [3.8, 4) is 5.88 Å². The van der Waals surface area contributed by atoms with Crippen LogP contribution < -0.4 is 4.74 Å². The van der Waals surface area contributed by atoms with Crippen molar-refractivity contribution in [1.82, 2.24) is 9.88 Å². The van der Waals surface area contributed by atoms with E-state index in [-0.39, 0.29) is 11.9 Å². The molecule has 0 spiro atoms. The number of aromatic nitrogens is 1. The lowest BCUT2D eigenvalue weighted by molar-refractivity contribution is 0.117. The van der Waals surface area contributed by atoms with Crippen molar-refractivity contribution in [3.63, 3.8) is 0 Å². The van der Waals surface area contributed by atoms with Crippen LogP contribution in [0.1, 0.15) is 19.3 Å². The summed E-state index contributed by atoms with van der Waals surface area (Å²) in [5.41, 5.74) is 0. The monoisotopic (exact) mass is 224 g/mol. The smallest absolute Gasteiger partial charge is 0.388 e. The lowest BCUT2D eigenvalue weighted by Crippen LogP contribution is -2.42. The zero-order valence-electron chi connectivity index (χ0n) is 9.02. The van der Waals surface area contributed by atoms with Gasteiger partial charge in [0.15, 0.2) is 5.82 Å². The summed E-state index contributed by atoms with van der Waals surface area (Å²) in [6.45, 7) is 0. The Balaban J connectivity index is 1.99. The molecule has 16 heavy (non-hydrogen) atoms. The first-order chi connectivity index (χ1) is 7.68. The van der Waals surface area contributed by atoms with Crippen LogP contribution in [0, 0.1) is 5.82 Å². The molecule has 4 nitrogen and oxygen atoms in total. The maximum atomic E-state index is 13.2. The fourth-order valence-electron chi connectivity index (χ4n) is 1.52. The van der Waals surface area contributed by atoms with Gasteiger partial charge in [0.05, 0.1) is 0 Å². The average molecular weight is 224 g/mol. The molecule has 1 amide bonds. The minimum Gasteiger partial charge on any atom is -0.388 e. The molecule has 1 aliphatic rings. The third-order valence-electron chi connectivity index (χ3n) is 2.82. The van der Waals surface area contributed by atoms with Crippen LogP contribution in [0.5, 0.6) is 5.88 Å². The van der Waals surface area contributed by atoms with Crippen molar-refractivity contribution >= 4 is 6.09 Å². The fraction of sp³-hybridized carbons (Fsp3) is 0.455. The summed E-state index contributed by atoms with van der Waals surface area (Å²) >= 11 is 0. The number of amides is 1. The first-order valence-corrected chi connectivity index (χ1v) is 5.23. The number of hydrogen-bond acceptors (Lipinski definition) is 3. The summed E-state index contributed by atoms with van der Waals surface area (Å²) < 4.78 is 18.0. The molecule has 1 saturated carbocycles. The third-order valence-corrected chi connectivity index (χ3v) is 2.82. The molecule has 1 aliphatic carbocycles. The molecule has 2 rings (SSSR count). The van der Waals surface area contributed by atoms with E-state index in [1.165, 1.54) is 23.2 Å². The molecule has 0 atom stereocenters. The summed E-state index contributed by atoms with van der Waals surface area (Å²) in [6, 6.07) is 2.88. The van der Waals surface area contributed by atoms with Crippen molar-refractivity contribution in [2.45, 2.75) is 25.3 Å². The van der Waals surface area contributed by atoms with Gasteiger partial charge in [-0.15, -0.1) is 0 Å². The Labute approximate surface area is 93.0 Å². The van der Waals surface area contributed by atoms with Crippen molar-refractivity contribution in [2.24, 2.45) is 0 Å². The van der Waals surface area contributed by atoms with E-state index in [1.54, 1.807) is 7.05 Å². The lowest BCUT2D eigenvalue weighted by Gasteiger charge is -2.33. The topological polar surface area (TPSA) is 42.4 Å². The van der Waals surface area contributed by atoms with Crippen LogP contribution in [0.25, 0.3) is 0 Å². The second-order valence-electron chi connectivity index (χ2n) is 3.85. The molecule has 1 aromatic rings. The number of nitrogens with zero attached hydrogens (tertiary/aromatic N) is 2. The molecule has 0 unspecified atom stereocenters. The number of pyridine rings is 1. The van der Waals surface area contributed by atoms with Gasteiger partial charge in [-0.2, -0.15) is 0 Å². The molecular formula is C11H13FN2O2. The van der Waals surface area contributed by atoms with E-state index in [0.717, 1.165) is 19.3 Å². The largest absolute Gasteiger partial charge is 0.416 e. The van der Waals surface area contributed by atoms with Gasteiger partial charge in [0.25, 0.3) is 5.88 Å². The molecule has 86 valence electrons. The first-order valence-electron chi connectivity index (χ1n) is 5.23. The van der Waals surface area contributed by atoms with Gasteiger partial charge in [0.2, 0.25) is 0 Å². The van der Waals surface area contributed by atoms with Crippen molar-refractivity contribution < 1.29 is 13.9 Å². The lowest BCUT2D eigenvalue weighted by atomic mass is 9.92. The molecule has 1 fully saturated rings. The Hall–Kier alpha value is -1.65. The van der Waals surface area contributed by atoms with Gasteiger partial charge in [-0.05, 0) is 31.4 Å². The van der Waals surface area contributed by atoms with E-state index in [9.17, 15) is 9.18 Å². The molecule has 0 bridgehead atoms. The van der Waals surface area contributed by atoms with Crippen LogP contribution in [-0.2, 0) is 0 Å². The number of carbonyl (C=O) groups is 1. The Bertz CT molecular complexity index is 393. The maximum absolute atomic E-state index is 13.2. The van der Waals surface area contributed by atoms with Crippen LogP contribution in [-0.4, -0.2) is 29.1 Å². The molecule has 1 heterocycles. The molecule has 0 aliphatic heterocycles. The molecule has 5 heteroatoms. The second kappa shape index (κ2) is 4.47. The van der Waals surface area contributed by atoms with E-state index in [2.05, 4.69) is 4.98 Å². The third kappa shape index (κ3) is 2.13. The normalized spacial score (nSPS) is 15.4. The van der Waals surface area contributed by atoms with Gasteiger partial charge in [-0.1, -0.05) is 0 Å².